The van der Waals surface area contributed by atoms with Crippen LogP contribution in [0.5, 0.6) is 5.75 Å². The van der Waals surface area contributed by atoms with Crippen LogP contribution >= 0.6 is 0 Å². The molecule has 1 fully saturated rings. The summed E-state index contributed by atoms with van der Waals surface area (Å²) in [5, 5.41) is 24.2. The summed E-state index contributed by atoms with van der Waals surface area (Å²) in [7, 11) is 0. The summed E-state index contributed by atoms with van der Waals surface area (Å²) in [5.41, 5.74) is 3.18. The molecule has 28 heavy (non-hydrogen) atoms. The number of aryl methyl sites for hydroxylation is 1. The number of H-pyrrole nitrogens is 1. The number of aromatic amines is 1. The largest absolute Gasteiger partial charge is 0.508 e. The summed E-state index contributed by atoms with van der Waals surface area (Å²) in [4.78, 5) is 18.0. The van der Waals surface area contributed by atoms with Crippen LogP contribution in [-0.4, -0.2) is 44.8 Å². The number of aromatic nitrogens is 3. The van der Waals surface area contributed by atoms with Crippen LogP contribution in [0.3, 0.4) is 0 Å². The Bertz CT molecular complexity index is 1000. The average Bonchev–Trinajstić information content (AvgIpc) is 3.29. The van der Waals surface area contributed by atoms with Crippen LogP contribution in [0.15, 0.2) is 30.3 Å². The molecule has 1 saturated heterocycles. The van der Waals surface area contributed by atoms with Gasteiger partial charge in [0.25, 0.3) is 5.91 Å². The first kappa shape index (κ1) is 18.4. The van der Waals surface area contributed by atoms with E-state index in [9.17, 15) is 9.90 Å². The van der Waals surface area contributed by atoms with E-state index in [-0.39, 0.29) is 17.2 Å². The number of fused-ring (bicyclic) bond motifs is 1. The zero-order valence-electron chi connectivity index (χ0n) is 16.2. The Labute approximate surface area is 163 Å². The van der Waals surface area contributed by atoms with Gasteiger partial charge in [-0.3, -0.25) is 9.89 Å². The van der Waals surface area contributed by atoms with Crippen molar-refractivity contribution >= 4 is 16.9 Å². The SMILES string of the molecule is CCCC1(NC(=O)c2cc(-c3ccc(O)cc3)nc3[nH]nc(C)c23)CCNC1. The van der Waals surface area contributed by atoms with Gasteiger partial charge >= 0.3 is 0 Å². The number of phenolic OH excluding ortho intramolecular Hbond substituents is 1. The van der Waals surface area contributed by atoms with Crippen molar-refractivity contribution in [2.75, 3.05) is 13.1 Å². The summed E-state index contributed by atoms with van der Waals surface area (Å²) in [6, 6.07) is 8.61. The standard InChI is InChI=1S/C21H25N5O2/c1-3-8-21(9-10-22-12-21)24-20(28)16-11-17(14-4-6-15(27)7-5-14)23-19-18(16)13(2)25-26-19/h4-7,11,22,27H,3,8-10,12H2,1-2H3,(H,24,28)(H,23,25,26). The van der Waals surface area contributed by atoms with Gasteiger partial charge in [0, 0.05) is 12.1 Å². The fourth-order valence-corrected chi connectivity index (χ4v) is 4.06. The third kappa shape index (κ3) is 3.33. The lowest BCUT2D eigenvalue weighted by Gasteiger charge is -2.29. The summed E-state index contributed by atoms with van der Waals surface area (Å²) in [5.74, 6) is 0.0875. The molecule has 0 spiro atoms. The van der Waals surface area contributed by atoms with E-state index in [0.29, 0.717) is 16.9 Å². The second kappa shape index (κ2) is 7.24. The molecule has 1 aliphatic heterocycles. The van der Waals surface area contributed by atoms with Crippen LogP contribution in [0.1, 0.15) is 42.2 Å². The van der Waals surface area contributed by atoms with Crippen molar-refractivity contribution in [3.63, 3.8) is 0 Å². The maximum atomic E-state index is 13.3. The number of benzene rings is 1. The first-order valence-electron chi connectivity index (χ1n) is 9.70. The number of carbonyl (C=O) groups is 1. The van der Waals surface area contributed by atoms with E-state index >= 15 is 0 Å². The number of rotatable bonds is 5. The van der Waals surface area contributed by atoms with Crippen LogP contribution in [-0.2, 0) is 0 Å². The Kier molecular flexibility index (Phi) is 4.77. The molecule has 1 amide bonds. The fraction of sp³-hybridized carbons (Fsp3) is 0.381. The predicted octanol–water partition coefficient (Wildman–Crippen LogP) is 2.90. The minimum atomic E-state index is -0.211. The zero-order chi connectivity index (χ0) is 19.7. The van der Waals surface area contributed by atoms with Crippen LogP contribution in [0.4, 0.5) is 0 Å². The quantitative estimate of drug-likeness (QED) is 0.546. The Balaban J connectivity index is 1.77. The van der Waals surface area contributed by atoms with Gasteiger partial charge < -0.3 is 15.7 Å². The summed E-state index contributed by atoms with van der Waals surface area (Å²) >= 11 is 0. The highest BCUT2D eigenvalue weighted by molar-refractivity contribution is 6.07. The normalized spacial score (nSPS) is 19.2. The number of hydrogen-bond acceptors (Lipinski definition) is 5. The monoisotopic (exact) mass is 379 g/mol. The van der Waals surface area contributed by atoms with Crippen LogP contribution in [0.25, 0.3) is 22.3 Å². The van der Waals surface area contributed by atoms with E-state index in [1.165, 1.54) is 0 Å². The van der Waals surface area contributed by atoms with Gasteiger partial charge in [0.05, 0.1) is 27.9 Å². The van der Waals surface area contributed by atoms with Gasteiger partial charge in [-0.25, -0.2) is 4.98 Å². The smallest absolute Gasteiger partial charge is 0.252 e. The van der Waals surface area contributed by atoms with Gasteiger partial charge in [-0.15, -0.1) is 0 Å². The van der Waals surface area contributed by atoms with Crippen LogP contribution in [0.2, 0.25) is 0 Å². The van der Waals surface area contributed by atoms with E-state index in [1.807, 2.05) is 13.0 Å². The van der Waals surface area contributed by atoms with E-state index < -0.39 is 0 Å². The van der Waals surface area contributed by atoms with Gasteiger partial charge in [-0.1, -0.05) is 13.3 Å². The molecule has 1 atom stereocenters. The van der Waals surface area contributed by atoms with Gasteiger partial charge in [0.1, 0.15) is 5.75 Å². The molecule has 7 heteroatoms. The minimum Gasteiger partial charge on any atom is -0.508 e. The van der Waals surface area contributed by atoms with Crippen molar-refractivity contribution in [2.45, 2.75) is 38.6 Å². The number of hydrogen-bond donors (Lipinski definition) is 4. The highest BCUT2D eigenvalue weighted by Gasteiger charge is 2.35. The highest BCUT2D eigenvalue weighted by Crippen LogP contribution is 2.28. The average molecular weight is 379 g/mol. The Morgan fingerprint density at radius 3 is 2.79 bits per heavy atom. The third-order valence-electron chi connectivity index (χ3n) is 5.47. The lowest BCUT2D eigenvalue weighted by molar-refractivity contribution is 0.0902. The Hall–Kier alpha value is -2.93. The van der Waals surface area contributed by atoms with Gasteiger partial charge in [0.15, 0.2) is 5.65 Å². The number of amides is 1. The van der Waals surface area contributed by atoms with Crippen molar-refractivity contribution in [3.05, 3.63) is 41.6 Å². The maximum absolute atomic E-state index is 13.3. The first-order chi connectivity index (χ1) is 13.5. The highest BCUT2D eigenvalue weighted by atomic mass is 16.3. The Morgan fingerprint density at radius 2 is 2.11 bits per heavy atom. The lowest BCUT2D eigenvalue weighted by atomic mass is 9.92. The molecular weight excluding hydrogens is 354 g/mol. The molecule has 0 bridgehead atoms. The molecule has 1 aromatic carbocycles. The predicted molar refractivity (Wildman–Crippen MR) is 108 cm³/mol. The molecule has 4 rings (SSSR count). The topological polar surface area (TPSA) is 103 Å². The first-order valence-corrected chi connectivity index (χ1v) is 9.70. The molecule has 4 N–H and O–H groups in total. The summed E-state index contributed by atoms with van der Waals surface area (Å²) in [6.07, 6.45) is 2.88. The third-order valence-corrected chi connectivity index (χ3v) is 5.47. The number of pyridine rings is 1. The fourth-order valence-electron chi connectivity index (χ4n) is 4.06. The Morgan fingerprint density at radius 1 is 1.32 bits per heavy atom. The van der Waals surface area contributed by atoms with Crippen molar-refractivity contribution in [1.29, 1.82) is 0 Å². The van der Waals surface area contributed by atoms with Crippen LogP contribution in [0, 0.1) is 6.92 Å². The van der Waals surface area contributed by atoms with Gasteiger partial charge in [-0.05, 0) is 56.6 Å². The van der Waals surface area contributed by atoms with Gasteiger partial charge in [0.2, 0.25) is 0 Å². The number of aromatic hydroxyl groups is 1. The van der Waals surface area contributed by atoms with Crippen LogP contribution < -0.4 is 10.6 Å². The number of carbonyl (C=O) groups excluding carboxylic acids is 1. The number of nitrogens with one attached hydrogen (secondary N) is 3. The molecule has 146 valence electrons. The molecule has 7 nitrogen and oxygen atoms in total. The molecule has 1 unspecified atom stereocenters. The summed E-state index contributed by atoms with van der Waals surface area (Å²) < 4.78 is 0. The molecule has 0 aliphatic carbocycles. The minimum absolute atomic E-state index is 0.103. The molecule has 3 heterocycles. The van der Waals surface area contributed by atoms with E-state index in [1.54, 1.807) is 24.3 Å². The summed E-state index contributed by atoms with van der Waals surface area (Å²) in [6.45, 7) is 5.71. The van der Waals surface area contributed by atoms with E-state index in [2.05, 4.69) is 32.7 Å². The van der Waals surface area contributed by atoms with Crippen molar-refractivity contribution in [1.82, 2.24) is 25.8 Å². The zero-order valence-corrected chi connectivity index (χ0v) is 16.2. The van der Waals surface area contributed by atoms with Crippen molar-refractivity contribution < 1.29 is 9.90 Å². The molecule has 3 aromatic rings. The molecular formula is C21H25N5O2. The van der Waals surface area contributed by atoms with E-state index in [4.69, 9.17) is 0 Å². The molecule has 0 radical (unpaired) electrons. The second-order valence-electron chi connectivity index (χ2n) is 7.55. The lowest BCUT2D eigenvalue weighted by Crippen LogP contribution is -2.50. The van der Waals surface area contributed by atoms with Crippen molar-refractivity contribution in [2.24, 2.45) is 0 Å². The maximum Gasteiger partial charge on any atom is 0.252 e. The molecule has 1 aliphatic rings. The number of phenols is 1. The second-order valence-corrected chi connectivity index (χ2v) is 7.55. The molecule has 2 aromatic heterocycles. The number of nitrogens with zero attached hydrogens (tertiary/aromatic N) is 2. The van der Waals surface area contributed by atoms with Gasteiger partial charge in [-0.2, -0.15) is 5.10 Å². The van der Waals surface area contributed by atoms with E-state index in [0.717, 1.165) is 49.0 Å². The molecule has 0 saturated carbocycles. The van der Waals surface area contributed by atoms with Crippen molar-refractivity contribution in [3.8, 4) is 17.0 Å².